The minimum atomic E-state index is 0. The van der Waals surface area contributed by atoms with Crippen molar-refractivity contribution < 1.29 is 0 Å². The maximum atomic E-state index is 4.55. The molecule has 1 spiro atoms. The van der Waals surface area contributed by atoms with E-state index in [0.717, 1.165) is 19.0 Å². The molecule has 1 heterocycles. The normalized spacial score (nSPS) is 21.7. The van der Waals surface area contributed by atoms with E-state index in [4.69, 9.17) is 0 Å². The maximum absolute atomic E-state index is 4.55. The smallest absolute Gasteiger partial charge is 0.193 e. The zero-order valence-corrected chi connectivity index (χ0v) is 18.2. The van der Waals surface area contributed by atoms with Gasteiger partial charge < -0.3 is 15.1 Å². The summed E-state index contributed by atoms with van der Waals surface area (Å²) in [5, 5.41) is 3.63. The van der Waals surface area contributed by atoms with Crippen LogP contribution in [0.4, 0.5) is 0 Å². The van der Waals surface area contributed by atoms with Crippen molar-refractivity contribution in [1.29, 1.82) is 0 Å². The molecule has 0 radical (unpaired) electrons. The van der Waals surface area contributed by atoms with Crippen molar-refractivity contribution in [3.8, 4) is 0 Å². The second-order valence-electron chi connectivity index (χ2n) is 8.53. The fourth-order valence-electron chi connectivity index (χ4n) is 4.39. The molecule has 2 rings (SSSR count). The van der Waals surface area contributed by atoms with E-state index in [0.29, 0.717) is 5.41 Å². The number of hydrogen-bond donors (Lipinski definition) is 1. The number of guanidine groups is 1. The van der Waals surface area contributed by atoms with Gasteiger partial charge in [-0.15, -0.1) is 24.0 Å². The first-order valence-electron chi connectivity index (χ1n) is 8.96. The summed E-state index contributed by atoms with van der Waals surface area (Å²) in [5.74, 6) is 1.11. The average molecular weight is 436 g/mol. The van der Waals surface area contributed by atoms with E-state index in [1.807, 2.05) is 7.05 Å². The summed E-state index contributed by atoms with van der Waals surface area (Å²) >= 11 is 0. The molecule has 1 saturated carbocycles. The highest BCUT2D eigenvalue weighted by atomic mass is 127. The van der Waals surface area contributed by atoms with Gasteiger partial charge in [-0.05, 0) is 44.2 Å². The lowest BCUT2D eigenvalue weighted by Crippen LogP contribution is -2.46. The van der Waals surface area contributed by atoms with Gasteiger partial charge in [-0.3, -0.25) is 4.99 Å². The number of rotatable bonds is 4. The molecule has 0 unspecified atom stereocenters. The van der Waals surface area contributed by atoms with Crippen LogP contribution < -0.4 is 5.32 Å². The van der Waals surface area contributed by atoms with Crippen molar-refractivity contribution >= 4 is 29.9 Å². The SMILES string of the molecule is CN=C(NCC(C)(C)CN(C)C)N1CCC2(CCCCC2)C1.I. The fourth-order valence-corrected chi connectivity index (χ4v) is 4.39. The third kappa shape index (κ3) is 6.07. The van der Waals surface area contributed by atoms with E-state index in [-0.39, 0.29) is 29.4 Å². The monoisotopic (exact) mass is 436 g/mol. The average Bonchev–Trinajstić information content (AvgIpc) is 2.82. The molecule has 2 aliphatic rings. The van der Waals surface area contributed by atoms with Gasteiger partial charge >= 0.3 is 0 Å². The van der Waals surface area contributed by atoms with Gasteiger partial charge in [0.2, 0.25) is 0 Å². The van der Waals surface area contributed by atoms with Crippen LogP contribution in [0.15, 0.2) is 4.99 Å². The Kier molecular flexibility index (Phi) is 8.11. The number of hydrogen-bond acceptors (Lipinski definition) is 2. The molecule has 4 nitrogen and oxygen atoms in total. The maximum Gasteiger partial charge on any atom is 0.193 e. The topological polar surface area (TPSA) is 30.9 Å². The van der Waals surface area contributed by atoms with Crippen molar-refractivity contribution in [3.05, 3.63) is 0 Å². The van der Waals surface area contributed by atoms with E-state index in [2.05, 4.69) is 48.1 Å². The van der Waals surface area contributed by atoms with Crippen LogP contribution in [0.25, 0.3) is 0 Å². The van der Waals surface area contributed by atoms with Gasteiger partial charge in [0.25, 0.3) is 0 Å². The Labute approximate surface area is 160 Å². The minimum Gasteiger partial charge on any atom is -0.356 e. The summed E-state index contributed by atoms with van der Waals surface area (Å²) in [5.41, 5.74) is 0.844. The van der Waals surface area contributed by atoms with Crippen molar-refractivity contribution in [2.24, 2.45) is 15.8 Å². The van der Waals surface area contributed by atoms with E-state index in [1.165, 1.54) is 51.6 Å². The molecule has 2 fully saturated rings. The zero-order valence-electron chi connectivity index (χ0n) is 15.8. The van der Waals surface area contributed by atoms with Crippen molar-refractivity contribution in [3.63, 3.8) is 0 Å². The van der Waals surface area contributed by atoms with Crippen LogP contribution >= 0.6 is 24.0 Å². The highest BCUT2D eigenvalue weighted by molar-refractivity contribution is 14.0. The summed E-state index contributed by atoms with van der Waals surface area (Å²) < 4.78 is 0. The number of aliphatic imine (C=N–C) groups is 1. The molecule has 0 atom stereocenters. The Hall–Kier alpha value is -0.0400. The lowest BCUT2D eigenvalue weighted by molar-refractivity contribution is 0.202. The van der Waals surface area contributed by atoms with Gasteiger partial charge in [0, 0.05) is 33.2 Å². The van der Waals surface area contributed by atoms with Crippen LogP contribution in [0.5, 0.6) is 0 Å². The molecule has 0 amide bonds. The molecule has 1 aliphatic carbocycles. The van der Waals surface area contributed by atoms with E-state index >= 15 is 0 Å². The predicted octanol–water partition coefficient (Wildman–Crippen LogP) is 3.42. The van der Waals surface area contributed by atoms with Gasteiger partial charge in [-0.1, -0.05) is 33.1 Å². The molecule has 1 aliphatic heterocycles. The fraction of sp³-hybridized carbons (Fsp3) is 0.944. The molecular weight excluding hydrogens is 399 g/mol. The van der Waals surface area contributed by atoms with E-state index < -0.39 is 0 Å². The molecule has 0 aromatic heterocycles. The van der Waals surface area contributed by atoms with Crippen molar-refractivity contribution in [1.82, 2.24) is 15.1 Å². The first kappa shape index (κ1) is 21.0. The van der Waals surface area contributed by atoms with E-state index in [9.17, 15) is 0 Å². The minimum absolute atomic E-state index is 0. The summed E-state index contributed by atoms with van der Waals surface area (Å²) in [4.78, 5) is 9.31. The third-order valence-electron chi connectivity index (χ3n) is 5.33. The standard InChI is InChI=1S/C18H36N4.HI/c1-17(2,14-21(4)5)13-20-16(19-3)22-12-11-18(15-22)9-7-6-8-10-18;/h6-15H2,1-5H3,(H,19,20);1H. The Bertz CT molecular complexity index is 386. The molecule has 1 N–H and O–H groups in total. The van der Waals surface area contributed by atoms with Crippen LogP contribution in [-0.2, 0) is 0 Å². The van der Waals surface area contributed by atoms with Crippen LogP contribution in [0, 0.1) is 10.8 Å². The summed E-state index contributed by atoms with van der Waals surface area (Å²) in [6.07, 6.45) is 8.49. The van der Waals surface area contributed by atoms with Crippen molar-refractivity contribution in [2.45, 2.75) is 52.4 Å². The van der Waals surface area contributed by atoms with E-state index in [1.54, 1.807) is 0 Å². The van der Waals surface area contributed by atoms with Gasteiger partial charge in [-0.2, -0.15) is 0 Å². The van der Waals surface area contributed by atoms with Crippen LogP contribution in [0.2, 0.25) is 0 Å². The molecule has 0 bridgehead atoms. The quantitative estimate of drug-likeness (QED) is 0.416. The van der Waals surface area contributed by atoms with Gasteiger partial charge in [0.15, 0.2) is 5.96 Å². The zero-order chi connectivity index (χ0) is 16.2. The largest absolute Gasteiger partial charge is 0.356 e. The van der Waals surface area contributed by atoms with Gasteiger partial charge in [0.1, 0.15) is 0 Å². The highest BCUT2D eigenvalue weighted by Crippen LogP contribution is 2.43. The first-order valence-corrected chi connectivity index (χ1v) is 8.96. The molecule has 1 saturated heterocycles. The first-order chi connectivity index (χ1) is 10.4. The molecule has 0 aromatic carbocycles. The molecule has 5 heteroatoms. The Morgan fingerprint density at radius 2 is 1.83 bits per heavy atom. The Morgan fingerprint density at radius 3 is 2.39 bits per heavy atom. The summed E-state index contributed by atoms with van der Waals surface area (Å²) in [7, 11) is 6.21. The van der Waals surface area contributed by atoms with Crippen LogP contribution in [0.3, 0.4) is 0 Å². The van der Waals surface area contributed by atoms with Crippen LogP contribution in [-0.4, -0.2) is 63.1 Å². The predicted molar refractivity (Wildman–Crippen MR) is 111 cm³/mol. The summed E-state index contributed by atoms with van der Waals surface area (Å²) in [6.45, 7) is 9.08. The molecule has 0 aromatic rings. The number of halogens is 1. The number of nitrogens with zero attached hydrogens (tertiary/aromatic N) is 3. The molecule has 136 valence electrons. The second kappa shape index (κ2) is 8.88. The Morgan fingerprint density at radius 1 is 1.17 bits per heavy atom. The number of nitrogens with one attached hydrogen (secondary N) is 1. The highest BCUT2D eigenvalue weighted by Gasteiger charge is 2.39. The lowest BCUT2D eigenvalue weighted by atomic mass is 9.73. The number of likely N-dealkylation sites (tertiary alicyclic amines) is 1. The summed E-state index contributed by atoms with van der Waals surface area (Å²) in [6, 6.07) is 0. The van der Waals surface area contributed by atoms with Crippen LogP contribution in [0.1, 0.15) is 52.4 Å². The third-order valence-corrected chi connectivity index (χ3v) is 5.33. The molecular formula is C18H37IN4. The Balaban J connectivity index is 0.00000264. The second-order valence-corrected chi connectivity index (χ2v) is 8.53. The van der Waals surface area contributed by atoms with Gasteiger partial charge in [-0.25, -0.2) is 0 Å². The lowest BCUT2D eigenvalue weighted by Gasteiger charge is -2.34. The van der Waals surface area contributed by atoms with Gasteiger partial charge in [0.05, 0.1) is 0 Å². The van der Waals surface area contributed by atoms with Crippen molar-refractivity contribution in [2.75, 3.05) is 47.3 Å². The molecule has 23 heavy (non-hydrogen) atoms.